The number of hydrogen-bond acceptors (Lipinski definition) is 1. The Morgan fingerprint density at radius 2 is 1.94 bits per heavy atom. The molecule has 3 saturated carbocycles. The van der Waals surface area contributed by atoms with Crippen LogP contribution in [0.15, 0.2) is 0 Å². The lowest BCUT2D eigenvalue weighted by atomic mass is 9.60. The zero-order chi connectivity index (χ0) is 11.2. The number of rotatable bonds is 4. The number of unbranched alkanes of at least 4 members (excludes halogenated alkanes) is 1. The highest BCUT2D eigenvalue weighted by atomic mass is 35.5. The molecule has 1 nitrogen and oxygen atoms in total. The van der Waals surface area contributed by atoms with E-state index in [1.165, 1.54) is 51.4 Å². The third-order valence-electron chi connectivity index (χ3n) is 6.42. The molecule has 17 heavy (non-hydrogen) atoms. The van der Waals surface area contributed by atoms with Crippen molar-refractivity contribution in [3.63, 3.8) is 0 Å². The fraction of sp³-hybridized carbons (Fsp3) is 1.00. The first-order valence-corrected chi connectivity index (χ1v) is 7.48. The average molecular weight is 258 g/mol. The van der Waals surface area contributed by atoms with Crippen molar-refractivity contribution in [2.24, 2.45) is 17.3 Å². The first-order chi connectivity index (χ1) is 7.79. The molecule has 2 bridgehead atoms. The molecule has 0 radical (unpaired) electrons. The molecule has 0 aromatic carbocycles. The zero-order valence-corrected chi connectivity index (χ0v) is 12.2. The Hall–Kier alpha value is 0.250. The van der Waals surface area contributed by atoms with Crippen LogP contribution >= 0.6 is 12.4 Å². The number of hydrogen-bond donors (Lipinski definition) is 1. The predicted molar refractivity (Wildman–Crippen MR) is 75.7 cm³/mol. The molecule has 2 heteroatoms. The topological polar surface area (TPSA) is 12.0 Å². The van der Waals surface area contributed by atoms with E-state index in [0.29, 0.717) is 11.0 Å². The van der Waals surface area contributed by atoms with E-state index in [1.54, 1.807) is 6.42 Å². The molecular weight excluding hydrogens is 230 g/mol. The Kier molecular flexibility index (Phi) is 3.81. The lowest BCUT2D eigenvalue weighted by Crippen LogP contribution is -2.57. The maximum atomic E-state index is 3.82. The van der Waals surface area contributed by atoms with Gasteiger partial charge in [-0.25, -0.2) is 0 Å². The molecule has 3 rings (SSSR count). The summed E-state index contributed by atoms with van der Waals surface area (Å²) in [5.74, 6) is 2.08. The van der Waals surface area contributed by atoms with Crippen molar-refractivity contribution < 1.29 is 0 Å². The van der Waals surface area contributed by atoms with Crippen LogP contribution in [0.4, 0.5) is 0 Å². The number of fused-ring (bicyclic) bond motifs is 5. The van der Waals surface area contributed by atoms with Crippen LogP contribution < -0.4 is 5.32 Å². The summed E-state index contributed by atoms with van der Waals surface area (Å²) in [6.45, 7) is 2.35. The Labute approximate surface area is 113 Å². The Morgan fingerprint density at radius 1 is 1.18 bits per heavy atom. The first-order valence-electron chi connectivity index (χ1n) is 7.48. The van der Waals surface area contributed by atoms with Crippen LogP contribution in [-0.2, 0) is 0 Å². The molecule has 3 fully saturated rings. The number of nitrogens with one attached hydrogen (secondary N) is 1. The minimum Gasteiger partial charge on any atom is -0.313 e. The fourth-order valence-electron chi connectivity index (χ4n) is 5.89. The zero-order valence-electron chi connectivity index (χ0n) is 11.4. The molecule has 0 aromatic rings. The molecule has 0 aliphatic heterocycles. The second-order valence-corrected chi connectivity index (χ2v) is 6.54. The number of halogens is 1. The van der Waals surface area contributed by atoms with Crippen molar-refractivity contribution in [1.82, 2.24) is 5.32 Å². The van der Waals surface area contributed by atoms with E-state index >= 15 is 0 Å². The predicted octanol–water partition coefficient (Wildman–Crippen LogP) is 4.16. The maximum Gasteiger partial charge on any atom is 0.0265 e. The minimum atomic E-state index is 0. The lowest BCUT2D eigenvalue weighted by Gasteiger charge is -2.50. The molecule has 0 amide bonds. The summed E-state index contributed by atoms with van der Waals surface area (Å²) < 4.78 is 0. The molecule has 3 aliphatic rings. The molecule has 0 saturated heterocycles. The van der Waals surface area contributed by atoms with Crippen molar-refractivity contribution in [2.45, 2.75) is 70.3 Å². The van der Waals surface area contributed by atoms with E-state index < -0.39 is 0 Å². The standard InChI is InChI=1S/C15H27N.ClH/c1-3-4-8-14-9-5-10-15(14,16-2)13-7-6-12(14)11-13;/h12-13,16H,3-11H2,1-2H3;1H. The van der Waals surface area contributed by atoms with Crippen molar-refractivity contribution >= 4 is 12.4 Å². The SMILES string of the molecule is CCCCC12CCCC1(NC)C1CCC2C1.Cl. The summed E-state index contributed by atoms with van der Waals surface area (Å²) in [4.78, 5) is 0. The summed E-state index contributed by atoms with van der Waals surface area (Å²) in [5.41, 5.74) is 1.27. The van der Waals surface area contributed by atoms with Gasteiger partial charge in [0.1, 0.15) is 0 Å². The molecule has 0 aromatic heterocycles. The first kappa shape index (κ1) is 13.7. The van der Waals surface area contributed by atoms with Crippen LogP contribution in [0, 0.1) is 17.3 Å². The lowest BCUT2D eigenvalue weighted by molar-refractivity contribution is 0.0430. The summed E-state index contributed by atoms with van der Waals surface area (Å²) >= 11 is 0. The summed E-state index contributed by atoms with van der Waals surface area (Å²) in [5, 5.41) is 3.82. The van der Waals surface area contributed by atoms with Crippen LogP contribution in [0.1, 0.15) is 64.7 Å². The largest absolute Gasteiger partial charge is 0.313 e. The van der Waals surface area contributed by atoms with Crippen LogP contribution in [0.25, 0.3) is 0 Å². The van der Waals surface area contributed by atoms with E-state index in [-0.39, 0.29) is 12.4 Å². The molecule has 4 atom stereocenters. The van der Waals surface area contributed by atoms with Gasteiger partial charge < -0.3 is 5.32 Å². The van der Waals surface area contributed by atoms with Gasteiger partial charge in [0.15, 0.2) is 0 Å². The van der Waals surface area contributed by atoms with Gasteiger partial charge in [-0.05, 0) is 62.8 Å². The van der Waals surface area contributed by atoms with Gasteiger partial charge in [-0.15, -0.1) is 12.4 Å². The maximum absolute atomic E-state index is 3.82. The molecule has 3 aliphatic carbocycles. The highest BCUT2D eigenvalue weighted by Gasteiger charge is 2.67. The Morgan fingerprint density at radius 3 is 2.65 bits per heavy atom. The summed E-state index contributed by atoms with van der Waals surface area (Å²) in [6, 6.07) is 0. The van der Waals surface area contributed by atoms with Crippen molar-refractivity contribution in [2.75, 3.05) is 7.05 Å². The van der Waals surface area contributed by atoms with Crippen LogP contribution in [-0.4, -0.2) is 12.6 Å². The van der Waals surface area contributed by atoms with E-state index in [4.69, 9.17) is 0 Å². The van der Waals surface area contributed by atoms with E-state index in [2.05, 4.69) is 19.3 Å². The molecule has 0 spiro atoms. The monoisotopic (exact) mass is 257 g/mol. The third-order valence-corrected chi connectivity index (χ3v) is 6.42. The second kappa shape index (κ2) is 4.74. The van der Waals surface area contributed by atoms with Gasteiger partial charge in [-0.3, -0.25) is 0 Å². The average Bonchev–Trinajstić information content (AvgIpc) is 2.96. The van der Waals surface area contributed by atoms with Gasteiger partial charge in [-0.1, -0.05) is 26.2 Å². The molecule has 100 valence electrons. The molecular formula is C15H28ClN. The quantitative estimate of drug-likeness (QED) is 0.798. The Bertz CT molecular complexity index is 280. The fourth-order valence-corrected chi connectivity index (χ4v) is 5.89. The third kappa shape index (κ3) is 1.54. The minimum absolute atomic E-state index is 0. The highest BCUT2D eigenvalue weighted by molar-refractivity contribution is 5.85. The Balaban J connectivity index is 0.00000108. The molecule has 4 unspecified atom stereocenters. The molecule has 0 heterocycles. The summed E-state index contributed by atoms with van der Waals surface area (Å²) in [7, 11) is 2.24. The van der Waals surface area contributed by atoms with Gasteiger partial charge in [0.05, 0.1) is 0 Å². The smallest absolute Gasteiger partial charge is 0.0265 e. The van der Waals surface area contributed by atoms with E-state index in [9.17, 15) is 0 Å². The molecule has 1 N–H and O–H groups in total. The van der Waals surface area contributed by atoms with Crippen LogP contribution in [0.2, 0.25) is 0 Å². The van der Waals surface area contributed by atoms with Crippen molar-refractivity contribution in [3.8, 4) is 0 Å². The highest BCUT2D eigenvalue weighted by Crippen LogP contribution is 2.69. The van der Waals surface area contributed by atoms with Gasteiger partial charge in [0, 0.05) is 5.54 Å². The summed E-state index contributed by atoms with van der Waals surface area (Å²) in [6.07, 6.45) is 13.4. The van der Waals surface area contributed by atoms with Gasteiger partial charge in [-0.2, -0.15) is 0 Å². The van der Waals surface area contributed by atoms with Gasteiger partial charge >= 0.3 is 0 Å². The van der Waals surface area contributed by atoms with Gasteiger partial charge in [0.25, 0.3) is 0 Å². The van der Waals surface area contributed by atoms with Gasteiger partial charge in [0.2, 0.25) is 0 Å². The van der Waals surface area contributed by atoms with E-state index in [1.807, 2.05) is 0 Å². The van der Waals surface area contributed by atoms with Crippen LogP contribution in [0.5, 0.6) is 0 Å². The van der Waals surface area contributed by atoms with Crippen LogP contribution in [0.3, 0.4) is 0 Å². The normalized spacial score (nSPS) is 46.9. The van der Waals surface area contributed by atoms with Crippen molar-refractivity contribution in [1.29, 1.82) is 0 Å². The van der Waals surface area contributed by atoms with E-state index in [0.717, 1.165) is 11.8 Å². The second-order valence-electron chi connectivity index (χ2n) is 6.54. The van der Waals surface area contributed by atoms with Crippen molar-refractivity contribution in [3.05, 3.63) is 0 Å².